The molecule has 0 spiro atoms. The number of hydrogen-bond donors (Lipinski definition) is 2. The highest BCUT2D eigenvalue weighted by molar-refractivity contribution is 7.22. The van der Waals surface area contributed by atoms with Crippen LogP contribution < -0.4 is 10.7 Å². The van der Waals surface area contributed by atoms with Gasteiger partial charge in [-0.05, 0) is 44.7 Å². The summed E-state index contributed by atoms with van der Waals surface area (Å²) < 4.78 is 1.11. The van der Waals surface area contributed by atoms with Crippen molar-refractivity contribution >= 4 is 38.3 Å². The zero-order chi connectivity index (χ0) is 16.1. The van der Waals surface area contributed by atoms with E-state index in [0.29, 0.717) is 0 Å². The maximum absolute atomic E-state index is 12.2. The molecule has 0 unspecified atom stereocenters. The van der Waals surface area contributed by atoms with Gasteiger partial charge in [0.2, 0.25) is 0 Å². The molecule has 1 aromatic carbocycles. The minimum absolute atomic E-state index is 0.124. The van der Waals surface area contributed by atoms with Crippen molar-refractivity contribution in [3.63, 3.8) is 0 Å². The van der Waals surface area contributed by atoms with Crippen LogP contribution in [0.1, 0.15) is 45.4 Å². The van der Waals surface area contributed by atoms with Gasteiger partial charge in [0, 0.05) is 5.71 Å². The third-order valence-electron chi connectivity index (χ3n) is 4.03. The molecule has 1 aromatic heterocycles. The fourth-order valence-corrected chi connectivity index (χ4v) is 3.62. The van der Waals surface area contributed by atoms with Gasteiger partial charge in [-0.3, -0.25) is 4.79 Å². The van der Waals surface area contributed by atoms with Gasteiger partial charge in [0.1, 0.15) is 6.04 Å². The van der Waals surface area contributed by atoms with E-state index in [4.69, 9.17) is 0 Å². The Hall–Kier alpha value is -1.95. The quantitative estimate of drug-likeness (QED) is 0.659. The summed E-state index contributed by atoms with van der Waals surface area (Å²) >= 11 is 1.55. The van der Waals surface area contributed by atoms with E-state index < -0.39 is 0 Å². The first-order valence-corrected chi connectivity index (χ1v) is 9.01. The zero-order valence-electron chi connectivity index (χ0n) is 13.3. The minimum atomic E-state index is -0.370. The van der Waals surface area contributed by atoms with Crippen LogP contribution in [-0.2, 0) is 4.79 Å². The van der Waals surface area contributed by atoms with Gasteiger partial charge in [0.05, 0.1) is 10.2 Å². The van der Waals surface area contributed by atoms with E-state index in [1.54, 1.807) is 11.3 Å². The van der Waals surface area contributed by atoms with Crippen LogP contribution in [-0.4, -0.2) is 22.6 Å². The minimum Gasteiger partial charge on any atom is -0.350 e. The van der Waals surface area contributed by atoms with E-state index in [2.05, 4.69) is 20.8 Å². The number of hydrazone groups is 1. The van der Waals surface area contributed by atoms with E-state index in [1.807, 2.05) is 31.2 Å². The Balaban J connectivity index is 1.57. The summed E-state index contributed by atoms with van der Waals surface area (Å²) in [5.74, 6) is -0.124. The van der Waals surface area contributed by atoms with Crippen LogP contribution in [0.15, 0.2) is 29.4 Å². The molecule has 1 aliphatic rings. The summed E-state index contributed by atoms with van der Waals surface area (Å²) in [5, 5.41) is 8.23. The highest BCUT2D eigenvalue weighted by Crippen LogP contribution is 2.25. The third-order valence-corrected chi connectivity index (χ3v) is 5.00. The average Bonchev–Trinajstić information content (AvgIpc) is 2.78. The molecule has 6 heteroatoms. The van der Waals surface area contributed by atoms with E-state index in [-0.39, 0.29) is 11.9 Å². The van der Waals surface area contributed by atoms with E-state index in [1.165, 1.54) is 25.7 Å². The fraction of sp³-hybridized carbons (Fsp3) is 0.471. The highest BCUT2D eigenvalue weighted by atomic mass is 32.1. The monoisotopic (exact) mass is 330 g/mol. The second-order valence-corrected chi connectivity index (χ2v) is 6.95. The van der Waals surface area contributed by atoms with Crippen LogP contribution >= 0.6 is 11.3 Å². The second-order valence-electron chi connectivity index (χ2n) is 5.92. The molecular formula is C17H22N4OS. The van der Waals surface area contributed by atoms with Gasteiger partial charge in [-0.25, -0.2) is 10.4 Å². The number of thiazole rings is 1. The van der Waals surface area contributed by atoms with Crippen molar-refractivity contribution < 1.29 is 4.79 Å². The van der Waals surface area contributed by atoms with Crippen molar-refractivity contribution in [1.82, 2.24) is 10.4 Å². The number of fused-ring (bicyclic) bond motifs is 1. The molecule has 1 saturated carbocycles. The Morgan fingerprint density at radius 2 is 1.96 bits per heavy atom. The molecule has 2 N–H and O–H groups in total. The first kappa shape index (κ1) is 15.9. The summed E-state index contributed by atoms with van der Waals surface area (Å²) in [6.07, 6.45) is 6.88. The van der Waals surface area contributed by atoms with Crippen LogP contribution in [0.5, 0.6) is 0 Å². The fourth-order valence-electron chi connectivity index (χ4n) is 2.66. The van der Waals surface area contributed by atoms with Crippen molar-refractivity contribution in [1.29, 1.82) is 0 Å². The number of nitrogens with zero attached hydrogens (tertiary/aromatic N) is 2. The number of para-hydroxylation sites is 1. The standard InChI is InChI=1S/C17H22N4OS/c1-12(16(22)21-20-13-8-4-2-3-5-9-13)18-17-19-14-10-6-7-11-15(14)23-17/h6-7,10-12H,2-5,8-9H2,1H3,(H,18,19)(H,21,22)/t12-/m0/s1. The molecule has 0 bridgehead atoms. The Kier molecular flexibility index (Phi) is 5.23. The van der Waals surface area contributed by atoms with Crippen LogP contribution in [0, 0.1) is 0 Å². The molecule has 122 valence electrons. The molecule has 0 radical (unpaired) electrons. The number of anilines is 1. The normalized spacial score (nSPS) is 16.7. The number of carbonyl (C=O) groups excluding carboxylic acids is 1. The topological polar surface area (TPSA) is 66.4 Å². The van der Waals surface area contributed by atoms with Crippen molar-refractivity contribution in [3.05, 3.63) is 24.3 Å². The lowest BCUT2D eigenvalue weighted by atomic mass is 10.2. The predicted octanol–water partition coefficient (Wildman–Crippen LogP) is 3.92. The SMILES string of the molecule is C[C@H](Nc1nc2ccccc2s1)C(=O)NN=C1CCCCCC1. The van der Waals surface area contributed by atoms with Crippen LogP contribution in [0.3, 0.4) is 0 Å². The molecule has 1 heterocycles. The van der Waals surface area contributed by atoms with Crippen LogP contribution in [0.2, 0.25) is 0 Å². The largest absolute Gasteiger partial charge is 0.350 e. The third kappa shape index (κ3) is 4.28. The number of benzene rings is 1. The maximum atomic E-state index is 12.2. The molecule has 1 aliphatic carbocycles. The lowest BCUT2D eigenvalue weighted by molar-refractivity contribution is -0.121. The Bertz CT molecular complexity index is 666. The molecule has 5 nitrogen and oxygen atoms in total. The van der Waals surface area contributed by atoms with Gasteiger partial charge >= 0.3 is 0 Å². The predicted molar refractivity (Wildman–Crippen MR) is 96.0 cm³/mol. The number of rotatable bonds is 4. The van der Waals surface area contributed by atoms with E-state index in [0.717, 1.165) is 33.9 Å². The number of amides is 1. The van der Waals surface area contributed by atoms with Crippen molar-refractivity contribution in [2.45, 2.75) is 51.5 Å². The molecule has 1 amide bonds. The zero-order valence-corrected chi connectivity index (χ0v) is 14.2. The van der Waals surface area contributed by atoms with Crippen molar-refractivity contribution in [3.8, 4) is 0 Å². The molecule has 1 atom stereocenters. The summed E-state index contributed by atoms with van der Waals surface area (Å²) in [5.41, 5.74) is 4.76. The van der Waals surface area contributed by atoms with Gasteiger partial charge in [-0.1, -0.05) is 36.3 Å². The molecule has 1 fully saturated rings. The molecular weight excluding hydrogens is 308 g/mol. The van der Waals surface area contributed by atoms with Gasteiger partial charge in [-0.2, -0.15) is 5.10 Å². The number of nitrogens with one attached hydrogen (secondary N) is 2. The van der Waals surface area contributed by atoms with Gasteiger partial charge < -0.3 is 5.32 Å². The molecule has 0 saturated heterocycles. The summed E-state index contributed by atoms with van der Waals surface area (Å²) in [6, 6.07) is 7.58. The van der Waals surface area contributed by atoms with E-state index >= 15 is 0 Å². The molecule has 0 aliphatic heterocycles. The first-order valence-electron chi connectivity index (χ1n) is 8.20. The van der Waals surface area contributed by atoms with Gasteiger partial charge in [-0.15, -0.1) is 0 Å². The average molecular weight is 330 g/mol. The Morgan fingerprint density at radius 3 is 2.70 bits per heavy atom. The molecule has 2 aromatic rings. The van der Waals surface area contributed by atoms with Crippen molar-refractivity contribution in [2.24, 2.45) is 5.10 Å². The van der Waals surface area contributed by atoms with Gasteiger partial charge in [0.25, 0.3) is 5.91 Å². The lowest BCUT2D eigenvalue weighted by Crippen LogP contribution is -2.35. The Morgan fingerprint density at radius 1 is 1.22 bits per heavy atom. The van der Waals surface area contributed by atoms with Crippen LogP contribution in [0.25, 0.3) is 10.2 Å². The van der Waals surface area contributed by atoms with Crippen molar-refractivity contribution in [2.75, 3.05) is 5.32 Å². The van der Waals surface area contributed by atoms with Gasteiger partial charge in [0.15, 0.2) is 5.13 Å². The Labute approximate surface area is 140 Å². The second kappa shape index (κ2) is 7.55. The number of aromatic nitrogens is 1. The summed E-state index contributed by atoms with van der Waals surface area (Å²) in [6.45, 7) is 1.83. The summed E-state index contributed by atoms with van der Waals surface area (Å²) in [7, 11) is 0. The van der Waals surface area contributed by atoms with E-state index in [9.17, 15) is 4.79 Å². The molecule has 3 rings (SSSR count). The summed E-state index contributed by atoms with van der Waals surface area (Å²) in [4.78, 5) is 16.7. The number of carbonyl (C=O) groups is 1. The van der Waals surface area contributed by atoms with Crippen LogP contribution in [0.4, 0.5) is 5.13 Å². The molecule has 23 heavy (non-hydrogen) atoms. The smallest absolute Gasteiger partial charge is 0.262 e. The lowest BCUT2D eigenvalue weighted by Gasteiger charge is -2.11. The first-order chi connectivity index (χ1) is 11.2. The maximum Gasteiger partial charge on any atom is 0.262 e. The number of hydrogen-bond acceptors (Lipinski definition) is 5. The highest BCUT2D eigenvalue weighted by Gasteiger charge is 2.15.